The van der Waals surface area contributed by atoms with Crippen molar-refractivity contribution in [2.75, 3.05) is 19.6 Å². The molecule has 1 aliphatic heterocycles. The van der Waals surface area contributed by atoms with Crippen molar-refractivity contribution in [2.24, 2.45) is 5.73 Å². The van der Waals surface area contributed by atoms with Gasteiger partial charge < -0.3 is 27.0 Å². The first-order valence-corrected chi connectivity index (χ1v) is 6.18. The Kier molecular flexibility index (Phi) is 5.62. The predicted molar refractivity (Wildman–Crippen MR) is 67.7 cm³/mol. The summed E-state index contributed by atoms with van der Waals surface area (Å²) in [6.45, 7) is 6.09. The summed E-state index contributed by atoms with van der Waals surface area (Å²) >= 11 is 0. The van der Waals surface area contributed by atoms with Gasteiger partial charge in [0, 0.05) is 13.1 Å². The van der Waals surface area contributed by atoms with Crippen molar-refractivity contribution in [3.63, 3.8) is 0 Å². The van der Waals surface area contributed by atoms with E-state index in [1.165, 1.54) is 0 Å². The van der Waals surface area contributed by atoms with E-state index in [9.17, 15) is 4.79 Å². The molecule has 0 spiro atoms. The lowest BCUT2D eigenvalue weighted by Crippen LogP contribution is -2.35. The summed E-state index contributed by atoms with van der Waals surface area (Å²) in [6, 6.07) is 0. The largest absolute Gasteiger partial charge is 0.370 e. The third-order valence-corrected chi connectivity index (χ3v) is 2.42. The third kappa shape index (κ3) is 4.14. The summed E-state index contributed by atoms with van der Waals surface area (Å²) in [6.07, 6.45) is 1.88. The number of hydrogen-bond acceptors (Lipinski definition) is 5. The zero-order valence-electron chi connectivity index (χ0n) is 10.6. The molecule has 0 aromatic rings. The maximum Gasteiger partial charge on any atom is 0.271 e. The molecule has 98 valence electrons. The Balaban J connectivity index is 2.53. The van der Waals surface area contributed by atoms with E-state index in [2.05, 4.69) is 28.2 Å². The molecule has 0 saturated heterocycles. The molecule has 1 atom stereocenters. The molecule has 0 radical (unpaired) electrons. The standard InChI is InChI=1S/C11H23N5O/c1-3-6-13-10-9(15-8(2)16-10)11(17)14-7-4-5-12/h8,13,15-16H,3-7,12H2,1-2H3,(H,14,17). The summed E-state index contributed by atoms with van der Waals surface area (Å²) in [5, 5.41) is 12.3. The quantitative estimate of drug-likeness (QED) is 0.375. The molecule has 0 bridgehead atoms. The van der Waals surface area contributed by atoms with Gasteiger partial charge in [-0.1, -0.05) is 6.92 Å². The van der Waals surface area contributed by atoms with Crippen molar-refractivity contribution in [2.45, 2.75) is 32.9 Å². The number of rotatable bonds is 7. The molecule has 1 unspecified atom stereocenters. The first-order chi connectivity index (χ1) is 8.19. The fourth-order valence-electron chi connectivity index (χ4n) is 1.57. The van der Waals surface area contributed by atoms with Gasteiger partial charge in [-0.15, -0.1) is 0 Å². The van der Waals surface area contributed by atoms with Crippen molar-refractivity contribution in [3.05, 3.63) is 11.5 Å². The summed E-state index contributed by atoms with van der Waals surface area (Å²) in [7, 11) is 0. The van der Waals surface area contributed by atoms with E-state index in [0.717, 1.165) is 25.2 Å². The predicted octanol–water partition coefficient (Wildman–Crippen LogP) is -0.841. The minimum atomic E-state index is -0.0890. The van der Waals surface area contributed by atoms with Gasteiger partial charge in [0.05, 0.1) is 6.17 Å². The summed E-state index contributed by atoms with van der Waals surface area (Å²) in [5.41, 5.74) is 5.97. The van der Waals surface area contributed by atoms with Gasteiger partial charge in [-0.25, -0.2) is 0 Å². The molecule has 6 N–H and O–H groups in total. The Morgan fingerprint density at radius 1 is 1.41 bits per heavy atom. The van der Waals surface area contributed by atoms with Crippen LogP contribution in [-0.2, 0) is 4.79 Å². The van der Waals surface area contributed by atoms with Gasteiger partial charge in [-0.2, -0.15) is 0 Å². The molecule has 1 amide bonds. The second-order valence-electron chi connectivity index (χ2n) is 4.09. The third-order valence-electron chi connectivity index (χ3n) is 2.42. The Morgan fingerprint density at radius 2 is 2.18 bits per heavy atom. The fourth-order valence-corrected chi connectivity index (χ4v) is 1.57. The van der Waals surface area contributed by atoms with Crippen LogP contribution in [0.5, 0.6) is 0 Å². The molecular weight excluding hydrogens is 218 g/mol. The van der Waals surface area contributed by atoms with E-state index in [4.69, 9.17) is 5.73 Å². The lowest BCUT2D eigenvalue weighted by atomic mass is 10.3. The maximum atomic E-state index is 11.9. The molecule has 0 aromatic heterocycles. The number of nitrogens with two attached hydrogens (primary N) is 1. The molecule has 1 aliphatic rings. The van der Waals surface area contributed by atoms with Crippen LogP contribution in [-0.4, -0.2) is 31.7 Å². The summed E-state index contributed by atoms with van der Waals surface area (Å²) < 4.78 is 0. The number of carbonyl (C=O) groups excluding carboxylic acids is 1. The van der Waals surface area contributed by atoms with Gasteiger partial charge in [0.15, 0.2) is 0 Å². The SMILES string of the molecule is CCCNC1=C(C(=O)NCCCN)NC(C)N1. The lowest BCUT2D eigenvalue weighted by molar-refractivity contribution is -0.117. The van der Waals surface area contributed by atoms with Crippen molar-refractivity contribution >= 4 is 5.91 Å². The summed E-state index contributed by atoms with van der Waals surface area (Å²) in [5.74, 6) is 0.693. The molecular formula is C11H23N5O. The molecule has 0 saturated carbocycles. The van der Waals surface area contributed by atoms with Crippen molar-refractivity contribution in [1.82, 2.24) is 21.3 Å². The lowest BCUT2D eigenvalue weighted by Gasteiger charge is -2.09. The molecule has 1 heterocycles. The normalized spacial score (nSPS) is 18.6. The van der Waals surface area contributed by atoms with Gasteiger partial charge in [0.2, 0.25) is 0 Å². The van der Waals surface area contributed by atoms with Gasteiger partial charge in [0.25, 0.3) is 5.91 Å². The second kappa shape index (κ2) is 7.01. The molecule has 0 fully saturated rings. The smallest absolute Gasteiger partial charge is 0.271 e. The minimum Gasteiger partial charge on any atom is -0.370 e. The van der Waals surface area contributed by atoms with Crippen LogP contribution in [0.4, 0.5) is 0 Å². The summed E-state index contributed by atoms with van der Waals surface area (Å²) in [4.78, 5) is 11.9. The van der Waals surface area contributed by atoms with E-state index < -0.39 is 0 Å². The molecule has 6 nitrogen and oxygen atoms in total. The first-order valence-electron chi connectivity index (χ1n) is 6.18. The first kappa shape index (κ1) is 13.6. The average Bonchev–Trinajstić information content (AvgIpc) is 2.68. The van der Waals surface area contributed by atoms with Crippen molar-refractivity contribution in [3.8, 4) is 0 Å². The Morgan fingerprint density at radius 3 is 2.82 bits per heavy atom. The number of nitrogens with one attached hydrogen (secondary N) is 4. The molecule has 1 rings (SSSR count). The second-order valence-corrected chi connectivity index (χ2v) is 4.09. The minimum absolute atomic E-state index is 0.0737. The van der Waals surface area contributed by atoms with E-state index in [1.54, 1.807) is 0 Å². The van der Waals surface area contributed by atoms with Gasteiger partial charge >= 0.3 is 0 Å². The van der Waals surface area contributed by atoms with Gasteiger partial charge in [-0.05, 0) is 26.3 Å². The van der Waals surface area contributed by atoms with Crippen molar-refractivity contribution in [1.29, 1.82) is 0 Å². The van der Waals surface area contributed by atoms with Gasteiger partial charge in [0.1, 0.15) is 11.5 Å². The van der Waals surface area contributed by atoms with Crippen LogP contribution in [0.1, 0.15) is 26.7 Å². The molecule has 0 aliphatic carbocycles. The fraction of sp³-hybridized carbons (Fsp3) is 0.727. The zero-order valence-corrected chi connectivity index (χ0v) is 10.6. The number of carbonyl (C=O) groups is 1. The Bertz CT molecular complexity index is 290. The van der Waals surface area contributed by atoms with Crippen LogP contribution in [0.25, 0.3) is 0 Å². The van der Waals surface area contributed by atoms with Crippen LogP contribution >= 0.6 is 0 Å². The van der Waals surface area contributed by atoms with E-state index >= 15 is 0 Å². The highest BCUT2D eigenvalue weighted by Gasteiger charge is 2.23. The number of amides is 1. The topological polar surface area (TPSA) is 91.2 Å². The van der Waals surface area contributed by atoms with Crippen LogP contribution in [0.2, 0.25) is 0 Å². The van der Waals surface area contributed by atoms with Crippen LogP contribution in [0, 0.1) is 0 Å². The maximum absolute atomic E-state index is 11.9. The van der Waals surface area contributed by atoms with E-state index in [0.29, 0.717) is 18.8 Å². The Labute approximate surface area is 102 Å². The van der Waals surface area contributed by atoms with Crippen LogP contribution in [0.3, 0.4) is 0 Å². The average molecular weight is 241 g/mol. The van der Waals surface area contributed by atoms with Crippen LogP contribution in [0.15, 0.2) is 11.5 Å². The monoisotopic (exact) mass is 241 g/mol. The van der Waals surface area contributed by atoms with E-state index in [-0.39, 0.29) is 12.1 Å². The van der Waals surface area contributed by atoms with Crippen LogP contribution < -0.4 is 27.0 Å². The molecule has 17 heavy (non-hydrogen) atoms. The number of hydrogen-bond donors (Lipinski definition) is 5. The van der Waals surface area contributed by atoms with Gasteiger partial charge in [-0.3, -0.25) is 4.79 Å². The highest BCUT2D eigenvalue weighted by atomic mass is 16.2. The highest BCUT2D eigenvalue weighted by Crippen LogP contribution is 2.05. The molecule has 6 heteroatoms. The van der Waals surface area contributed by atoms with E-state index in [1.807, 2.05) is 6.92 Å². The Hall–Kier alpha value is -1.43. The zero-order chi connectivity index (χ0) is 12.7. The highest BCUT2D eigenvalue weighted by molar-refractivity contribution is 5.93. The molecule has 0 aromatic carbocycles. The van der Waals surface area contributed by atoms with Crippen molar-refractivity contribution < 1.29 is 4.79 Å².